The number of pyridine rings is 1. The monoisotopic (exact) mass is 417 g/mol. The summed E-state index contributed by atoms with van der Waals surface area (Å²) in [5.74, 6) is 3.54. The highest BCUT2D eigenvalue weighted by atomic mass is 35.5. The van der Waals surface area contributed by atoms with Gasteiger partial charge in [0, 0.05) is 25.1 Å². The normalized spacial score (nSPS) is 35.5. The number of nitrogens with zero attached hydrogens (tertiary/aromatic N) is 1. The van der Waals surface area contributed by atoms with Crippen molar-refractivity contribution < 1.29 is 9.53 Å². The van der Waals surface area contributed by atoms with Crippen molar-refractivity contribution in [3.05, 3.63) is 22.8 Å². The molecule has 4 bridgehead atoms. The van der Waals surface area contributed by atoms with Gasteiger partial charge in [-0.15, -0.1) is 0 Å². The van der Waals surface area contributed by atoms with Crippen LogP contribution in [0, 0.1) is 29.1 Å². The van der Waals surface area contributed by atoms with Crippen LogP contribution in [-0.4, -0.2) is 37.1 Å². The SMILES string of the molecule is O=C(NCC12CC3CC(CC(C3)C1)C2)c1cc(OCC2CCCNC2)ncc1Cl. The number of ether oxygens (including phenoxy) is 1. The van der Waals surface area contributed by atoms with Crippen molar-refractivity contribution in [3.63, 3.8) is 0 Å². The number of halogens is 1. The Morgan fingerprint density at radius 3 is 2.62 bits per heavy atom. The van der Waals surface area contributed by atoms with Crippen molar-refractivity contribution in [2.45, 2.75) is 51.4 Å². The van der Waals surface area contributed by atoms with Crippen LogP contribution in [0.15, 0.2) is 12.3 Å². The van der Waals surface area contributed by atoms with Crippen LogP contribution in [0.2, 0.25) is 5.02 Å². The highest BCUT2D eigenvalue weighted by molar-refractivity contribution is 6.33. The summed E-state index contributed by atoms with van der Waals surface area (Å²) in [6, 6.07) is 1.70. The van der Waals surface area contributed by atoms with E-state index >= 15 is 0 Å². The second kappa shape index (κ2) is 8.07. The smallest absolute Gasteiger partial charge is 0.253 e. The Kier molecular flexibility index (Phi) is 5.46. The fraction of sp³-hybridized carbons (Fsp3) is 0.739. The molecule has 158 valence electrons. The van der Waals surface area contributed by atoms with E-state index in [1.165, 1.54) is 57.6 Å². The van der Waals surface area contributed by atoms with Gasteiger partial charge in [-0.25, -0.2) is 4.98 Å². The van der Waals surface area contributed by atoms with Crippen LogP contribution in [0.25, 0.3) is 0 Å². The van der Waals surface area contributed by atoms with Crippen LogP contribution < -0.4 is 15.4 Å². The molecule has 1 aliphatic heterocycles. The lowest BCUT2D eigenvalue weighted by molar-refractivity contribution is -0.0503. The first-order chi connectivity index (χ1) is 14.1. The molecule has 0 radical (unpaired) electrons. The first kappa shape index (κ1) is 19.6. The molecule has 29 heavy (non-hydrogen) atoms. The van der Waals surface area contributed by atoms with Gasteiger partial charge in [0.15, 0.2) is 0 Å². The first-order valence-electron chi connectivity index (χ1n) is 11.4. The molecule has 4 aliphatic carbocycles. The fourth-order valence-corrected chi connectivity index (χ4v) is 7.00. The van der Waals surface area contributed by atoms with Crippen molar-refractivity contribution >= 4 is 17.5 Å². The molecule has 2 heterocycles. The number of amides is 1. The number of aromatic nitrogens is 1. The van der Waals surface area contributed by atoms with Gasteiger partial charge >= 0.3 is 0 Å². The van der Waals surface area contributed by atoms with Crippen LogP contribution in [0.1, 0.15) is 61.7 Å². The zero-order valence-electron chi connectivity index (χ0n) is 17.1. The number of carbonyl (C=O) groups is 1. The van der Waals surface area contributed by atoms with Gasteiger partial charge in [0.1, 0.15) is 0 Å². The molecule has 0 spiro atoms. The summed E-state index contributed by atoms with van der Waals surface area (Å²) < 4.78 is 5.88. The van der Waals surface area contributed by atoms with E-state index in [9.17, 15) is 4.79 Å². The van der Waals surface area contributed by atoms with E-state index in [4.69, 9.17) is 16.3 Å². The zero-order valence-corrected chi connectivity index (χ0v) is 17.8. The molecule has 1 unspecified atom stereocenters. The average Bonchev–Trinajstić information content (AvgIpc) is 2.71. The minimum Gasteiger partial charge on any atom is -0.477 e. The Labute approximate surface area is 178 Å². The van der Waals surface area contributed by atoms with Gasteiger partial charge in [0.25, 0.3) is 5.91 Å². The first-order valence-corrected chi connectivity index (χ1v) is 11.7. The zero-order chi connectivity index (χ0) is 19.8. The number of carbonyl (C=O) groups excluding carboxylic acids is 1. The van der Waals surface area contributed by atoms with Crippen molar-refractivity contribution in [3.8, 4) is 5.88 Å². The summed E-state index contributed by atoms with van der Waals surface area (Å²) in [4.78, 5) is 17.2. The third kappa shape index (κ3) is 4.27. The van der Waals surface area contributed by atoms with Crippen molar-refractivity contribution in [1.29, 1.82) is 0 Å². The molecule has 5 fully saturated rings. The van der Waals surface area contributed by atoms with Gasteiger partial charge in [-0.05, 0) is 81.1 Å². The Morgan fingerprint density at radius 2 is 1.97 bits per heavy atom. The van der Waals surface area contributed by atoms with E-state index in [-0.39, 0.29) is 5.91 Å². The molecular formula is C23H32ClN3O2. The van der Waals surface area contributed by atoms with Crippen molar-refractivity contribution in [2.24, 2.45) is 29.1 Å². The quantitative estimate of drug-likeness (QED) is 0.732. The predicted molar refractivity (Wildman–Crippen MR) is 113 cm³/mol. The summed E-state index contributed by atoms with van der Waals surface area (Å²) in [7, 11) is 0. The van der Waals surface area contributed by atoms with Gasteiger partial charge in [0.2, 0.25) is 5.88 Å². The van der Waals surface area contributed by atoms with E-state index in [1.54, 1.807) is 6.07 Å². The lowest BCUT2D eigenvalue weighted by Crippen LogP contribution is -2.51. The van der Waals surface area contributed by atoms with Gasteiger partial charge in [-0.1, -0.05) is 11.6 Å². The summed E-state index contributed by atoms with van der Waals surface area (Å²) in [6.45, 7) is 3.46. The Balaban J connectivity index is 1.20. The summed E-state index contributed by atoms with van der Waals surface area (Å²) in [5.41, 5.74) is 0.792. The van der Waals surface area contributed by atoms with E-state index in [2.05, 4.69) is 15.6 Å². The molecule has 4 saturated carbocycles. The molecule has 0 aromatic carbocycles. The molecular weight excluding hydrogens is 386 g/mol. The highest BCUT2D eigenvalue weighted by Gasteiger charge is 2.50. The topological polar surface area (TPSA) is 63.2 Å². The molecule has 1 saturated heterocycles. The van der Waals surface area contributed by atoms with Crippen molar-refractivity contribution in [2.75, 3.05) is 26.2 Å². The van der Waals surface area contributed by atoms with Gasteiger partial charge < -0.3 is 15.4 Å². The van der Waals surface area contributed by atoms with Crippen LogP contribution >= 0.6 is 11.6 Å². The number of rotatable bonds is 6. The maximum Gasteiger partial charge on any atom is 0.253 e. The van der Waals surface area contributed by atoms with Crippen LogP contribution in [-0.2, 0) is 0 Å². The van der Waals surface area contributed by atoms with Crippen LogP contribution in [0.4, 0.5) is 0 Å². The average molecular weight is 418 g/mol. The number of nitrogens with one attached hydrogen (secondary N) is 2. The Hall–Kier alpha value is -1.33. The van der Waals surface area contributed by atoms with Crippen LogP contribution in [0.3, 0.4) is 0 Å². The van der Waals surface area contributed by atoms with E-state index in [0.717, 1.165) is 37.4 Å². The van der Waals surface area contributed by atoms with E-state index in [1.807, 2.05) is 0 Å². The van der Waals surface area contributed by atoms with E-state index in [0.29, 0.717) is 34.4 Å². The third-order valence-electron chi connectivity index (χ3n) is 7.73. The molecule has 1 amide bonds. The Bertz CT molecular complexity index is 727. The second-order valence-electron chi connectivity index (χ2n) is 10.1. The van der Waals surface area contributed by atoms with Crippen molar-refractivity contribution in [1.82, 2.24) is 15.6 Å². The minimum absolute atomic E-state index is 0.0997. The predicted octanol–water partition coefficient (Wildman–Crippen LogP) is 4.06. The van der Waals surface area contributed by atoms with Crippen LogP contribution in [0.5, 0.6) is 5.88 Å². The molecule has 5 nitrogen and oxygen atoms in total. The lowest BCUT2D eigenvalue weighted by atomic mass is 9.49. The van der Waals surface area contributed by atoms with Gasteiger partial charge in [-0.3, -0.25) is 4.79 Å². The second-order valence-corrected chi connectivity index (χ2v) is 10.5. The Morgan fingerprint density at radius 1 is 1.24 bits per heavy atom. The molecule has 6 rings (SSSR count). The molecule has 1 atom stereocenters. The minimum atomic E-state index is -0.0997. The standard InChI is InChI=1S/C23H32ClN3O2/c24-20-12-26-21(29-13-15-2-1-3-25-11-15)7-19(20)22(28)27-14-23-8-16-4-17(9-23)6-18(5-16)10-23/h7,12,15-18,25H,1-6,8-11,13-14H2,(H,27,28). The highest BCUT2D eigenvalue weighted by Crippen LogP contribution is 2.59. The molecule has 6 heteroatoms. The molecule has 1 aromatic rings. The number of hydrogen-bond acceptors (Lipinski definition) is 4. The summed E-state index contributed by atoms with van der Waals surface area (Å²) in [5, 5.41) is 7.00. The third-order valence-corrected chi connectivity index (χ3v) is 8.03. The van der Waals surface area contributed by atoms with Gasteiger partial charge in [0.05, 0.1) is 23.4 Å². The maximum atomic E-state index is 12.9. The fourth-order valence-electron chi connectivity index (χ4n) is 6.81. The van der Waals surface area contributed by atoms with E-state index < -0.39 is 0 Å². The summed E-state index contributed by atoms with van der Waals surface area (Å²) >= 11 is 6.31. The number of hydrogen-bond donors (Lipinski definition) is 2. The number of piperidine rings is 1. The molecule has 2 N–H and O–H groups in total. The van der Waals surface area contributed by atoms with Gasteiger partial charge in [-0.2, -0.15) is 0 Å². The molecule has 5 aliphatic rings. The summed E-state index contributed by atoms with van der Waals surface area (Å²) in [6.07, 6.45) is 12.0. The largest absolute Gasteiger partial charge is 0.477 e. The lowest BCUT2D eigenvalue weighted by Gasteiger charge is -2.56. The molecule has 1 aromatic heterocycles. The maximum absolute atomic E-state index is 12.9.